The summed E-state index contributed by atoms with van der Waals surface area (Å²) in [6.45, 7) is 8.26. The minimum Gasteiger partial charge on any atom is -0.489 e. The average molecular weight is 237 g/mol. The standard InChI is InChI=1S/C17H17O/c1-11-5-4-6-14(7-11)16-9-12(2)8-15-10-13(3)18-17(15)16/h4-9,13H,3,10H2,1-2H3. The van der Waals surface area contributed by atoms with Gasteiger partial charge in [0.2, 0.25) is 0 Å². The van der Waals surface area contributed by atoms with Crippen molar-refractivity contribution in [2.24, 2.45) is 0 Å². The molecule has 1 atom stereocenters. The third kappa shape index (κ3) is 1.90. The fourth-order valence-corrected chi connectivity index (χ4v) is 2.62. The average Bonchev–Trinajstić information content (AvgIpc) is 2.68. The van der Waals surface area contributed by atoms with Gasteiger partial charge in [0.15, 0.2) is 0 Å². The second kappa shape index (κ2) is 4.16. The van der Waals surface area contributed by atoms with Crippen molar-refractivity contribution in [3.8, 4) is 16.9 Å². The Balaban J connectivity index is 2.18. The molecular weight excluding hydrogens is 220 g/mol. The normalized spacial score (nSPS) is 17.4. The molecule has 0 aliphatic carbocycles. The van der Waals surface area contributed by atoms with Gasteiger partial charge in [-0.05, 0) is 43.5 Å². The first kappa shape index (κ1) is 11.3. The lowest BCUT2D eigenvalue weighted by Crippen LogP contribution is -2.06. The van der Waals surface area contributed by atoms with Crippen molar-refractivity contribution in [3.63, 3.8) is 0 Å². The lowest BCUT2D eigenvalue weighted by atomic mass is 9.97. The van der Waals surface area contributed by atoms with Crippen LogP contribution < -0.4 is 4.74 Å². The summed E-state index contributed by atoms with van der Waals surface area (Å²) in [7, 11) is 0. The molecule has 1 aliphatic heterocycles. The van der Waals surface area contributed by atoms with Crippen LogP contribution in [-0.2, 0) is 6.42 Å². The first-order chi connectivity index (χ1) is 8.63. The van der Waals surface area contributed by atoms with E-state index < -0.39 is 0 Å². The highest BCUT2D eigenvalue weighted by atomic mass is 16.5. The molecule has 0 amide bonds. The second-order valence-corrected chi connectivity index (χ2v) is 5.11. The zero-order valence-electron chi connectivity index (χ0n) is 10.9. The molecule has 0 bridgehead atoms. The molecule has 2 aromatic rings. The molecule has 0 spiro atoms. The highest BCUT2D eigenvalue weighted by Gasteiger charge is 2.23. The van der Waals surface area contributed by atoms with Gasteiger partial charge in [-0.15, -0.1) is 0 Å². The van der Waals surface area contributed by atoms with E-state index in [1.54, 1.807) is 0 Å². The van der Waals surface area contributed by atoms with Crippen LogP contribution in [0.2, 0.25) is 0 Å². The first-order valence-corrected chi connectivity index (χ1v) is 6.34. The molecule has 18 heavy (non-hydrogen) atoms. The molecule has 0 saturated carbocycles. The van der Waals surface area contributed by atoms with Gasteiger partial charge in [0.25, 0.3) is 0 Å². The van der Waals surface area contributed by atoms with E-state index >= 15 is 0 Å². The highest BCUT2D eigenvalue weighted by Crippen LogP contribution is 2.39. The summed E-state index contributed by atoms with van der Waals surface area (Å²) in [4.78, 5) is 0. The van der Waals surface area contributed by atoms with Crippen LogP contribution in [0.15, 0.2) is 36.4 Å². The molecule has 0 saturated heterocycles. The lowest BCUT2D eigenvalue weighted by Gasteiger charge is -2.11. The van der Waals surface area contributed by atoms with E-state index in [9.17, 15) is 0 Å². The van der Waals surface area contributed by atoms with Crippen LogP contribution in [0.3, 0.4) is 0 Å². The smallest absolute Gasteiger partial charge is 0.130 e. The van der Waals surface area contributed by atoms with E-state index in [2.05, 4.69) is 57.2 Å². The molecule has 1 unspecified atom stereocenters. The minimum absolute atomic E-state index is 0.0466. The van der Waals surface area contributed by atoms with Gasteiger partial charge in [0.1, 0.15) is 11.9 Å². The first-order valence-electron chi connectivity index (χ1n) is 6.34. The van der Waals surface area contributed by atoms with Crippen LogP contribution in [-0.4, -0.2) is 6.10 Å². The Bertz CT molecular complexity index is 599. The molecule has 3 rings (SSSR count). The Kier molecular flexibility index (Phi) is 2.62. The van der Waals surface area contributed by atoms with Crippen LogP contribution in [0.4, 0.5) is 0 Å². The minimum atomic E-state index is 0.0466. The van der Waals surface area contributed by atoms with Crippen LogP contribution >= 0.6 is 0 Å². The van der Waals surface area contributed by atoms with Crippen molar-refractivity contribution < 1.29 is 4.74 Å². The van der Waals surface area contributed by atoms with E-state index in [0.717, 1.165) is 12.2 Å². The van der Waals surface area contributed by atoms with E-state index in [-0.39, 0.29) is 6.10 Å². The Labute approximate surface area is 108 Å². The van der Waals surface area contributed by atoms with Crippen molar-refractivity contribution in [2.45, 2.75) is 26.4 Å². The molecule has 0 fully saturated rings. The number of hydrogen-bond acceptors (Lipinski definition) is 1. The van der Waals surface area contributed by atoms with Crippen LogP contribution in [0.1, 0.15) is 16.7 Å². The van der Waals surface area contributed by atoms with Gasteiger partial charge in [-0.2, -0.15) is 0 Å². The van der Waals surface area contributed by atoms with Crippen molar-refractivity contribution in [3.05, 3.63) is 60.0 Å². The van der Waals surface area contributed by atoms with Crippen molar-refractivity contribution in [1.82, 2.24) is 0 Å². The van der Waals surface area contributed by atoms with Gasteiger partial charge >= 0.3 is 0 Å². The number of fused-ring (bicyclic) bond motifs is 1. The molecule has 1 heteroatoms. The molecule has 0 N–H and O–H groups in total. The van der Waals surface area contributed by atoms with Crippen LogP contribution in [0, 0.1) is 20.8 Å². The summed E-state index contributed by atoms with van der Waals surface area (Å²) in [6, 6.07) is 13.0. The molecule has 1 radical (unpaired) electrons. The van der Waals surface area contributed by atoms with E-state index in [1.807, 2.05) is 0 Å². The summed E-state index contributed by atoms with van der Waals surface area (Å²) in [5.41, 5.74) is 6.25. The topological polar surface area (TPSA) is 9.23 Å². The summed E-state index contributed by atoms with van der Waals surface area (Å²) in [5.74, 6) is 1.02. The Morgan fingerprint density at radius 3 is 2.72 bits per heavy atom. The molecule has 2 aromatic carbocycles. The number of rotatable bonds is 1. The summed E-state index contributed by atoms with van der Waals surface area (Å²) in [6.07, 6.45) is 0.959. The SMILES string of the molecule is [CH2]C1Cc2cc(C)cc(-c3cccc(C)c3)c2O1. The highest BCUT2D eigenvalue weighted by molar-refractivity contribution is 5.74. The van der Waals surface area contributed by atoms with E-state index in [4.69, 9.17) is 4.74 Å². The zero-order valence-corrected chi connectivity index (χ0v) is 10.9. The largest absolute Gasteiger partial charge is 0.489 e. The summed E-state index contributed by atoms with van der Waals surface area (Å²) >= 11 is 0. The number of aryl methyl sites for hydroxylation is 2. The zero-order chi connectivity index (χ0) is 12.7. The van der Waals surface area contributed by atoms with Crippen molar-refractivity contribution in [1.29, 1.82) is 0 Å². The van der Waals surface area contributed by atoms with Gasteiger partial charge < -0.3 is 4.74 Å². The number of hydrogen-bond donors (Lipinski definition) is 0. The van der Waals surface area contributed by atoms with Gasteiger partial charge in [-0.3, -0.25) is 0 Å². The predicted molar refractivity (Wildman–Crippen MR) is 74.8 cm³/mol. The number of benzene rings is 2. The fourth-order valence-electron chi connectivity index (χ4n) is 2.62. The van der Waals surface area contributed by atoms with E-state index in [0.29, 0.717) is 0 Å². The van der Waals surface area contributed by atoms with Crippen molar-refractivity contribution in [2.75, 3.05) is 0 Å². The van der Waals surface area contributed by atoms with Crippen LogP contribution in [0.5, 0.6) is 5.75 Å². The fraction of sp³-hybridized carbons (Fsp3) is 0.235. The summed E-state index contributed by atoms with van der Waals surface area (Å²) < 4.78 is 5.88. The van der Waals surface area contributed by atoms with Gasteiger partial charge in [0.05, 0.1) is 0 Å². The molecule has 1 heterocycles. The van der Waals surface area contributed by atoms with Crippen LogP contribution in [0.25, 0.3) is 11.1 Å². The maximum Gasteiger partial charge on any atom is 0.130 e. The third-order valence-corrected chi connectivity index (χ3v) is 3.37. The third-order valence-electron chi connectivity index (χ3n) is 3.37. The summed E-state index contributed by atoms with van der Waals surface area (Å²) in [5, 5.41) is 0. The molecular formula is C17H17O. The monoisotopic (exact) mass is 237 g/mol. The molecule has 0 aromatic heterocycles. The Morgan fingerprint density at radius 2 is 1.94 bits per heavy atom. The van der Waals surface area contributed by atoms with Gasteiger partial charge in [-0.25, -0.2) is 0 Å². The molecule has 1 aliphatic rings. The molecule has 91 valence electrons. The van der Waals surface area contributed by atoms with Gasteiger partial charge in [0, 0.05) is 12.0 Å². The lowest BCUT2D eigenvalue weighted by molar-refractivity contribution is 0.282. The van der Waals surface area contributed by atoms with E-state index in [1.165, 1.54) is 27.8 Å². The van der Waals surface area contributed by atoms with Crippen molar-refractivity contribution >= 4 is 0 Å². The number of ether oxygens (including phenoxy) is 1. The Hall–Kier alpha value is -1.76. The Morgan fingerprint density at radius 1 is 1.11 bits per heavy atom. The predicted octanol–water partition coefficient (Wildman–Crippen LogP) is 4.11. The maximum atomic E-state index is 5.88. The second-order valence-electron chi connectivity index (χ2n) is 5.11. The molecule has 1 nitrogen and oxygen atoms in total. The maximum absolute atomic E-state index is 5.88. The quantitative estimate of drug-likeness (QED) is 0.725. The van der Waals surface area contributed by atoms with Gasteiger partial charge in [-0.1, -0.05) is 35.9 Å².